The Labute approximate surface area is 112 Å². The largest absolute Gasteiger partial charge is 0.300 e. The van der Waals surface area contributed by atoms with Crippen LogP contribution in [0.4, 0.5) is 0 Å². The van der Waals surface area contributed by atoms with Gasteiger partial charge in [0.05, 0.1) is 0 Å². The van der Waals surface area contributed by atoms with Crippen molar-refractivity contribution in [1.29, 1.82) is 0 Å². The number of carbonyl (C=O) groups excluding carboxylic acids is 1. The molecule has 1 aliphatic carbocycles. The van der Waals surface area contributed by atoms with Crippen LogP contribution < -0.4 is 0 Å². The number of rotatable bonds is 2. The van der Waals surface area contributed by atoms with Crippen LogP contribution in [0.15, 0.2) is 0 Å². The fraction of sp³-hybridized carbons (Fsp3) is 0.938. The van der Waals surface area contributed by atoms with Gasteiger partial charge in [-0.3, -0.25) is 9.69 Å². The molecular formula is C16H29NO. The Kier molecular flexibility index (Phi) is 4.47. The zero-order valence-corrected chi connectivity index (χ0v) is 12.5. The average Bonchev–Trinajstić information content (AvgIpc) is 2.25. The van der Waals surface area contributed by atoms with Gasteiger partial charge in [-0.15, -0.1) is 0 Å². The van der Waals surface area contributed by atoms with Crippen LogP contribution in [0.2, 0.25) is 0 Å². The van der Waals surface area contributed by atoms with Gasteiger partial charge in [-0.05, 0) is 50.5 Å². The third kappa shape index (κ3) is 3.14. The van der Waals surface area contributed by atoms with Crippen LogP contribution in [-0.2, 0) is 4.79 Å². The Morgan fingerprint density at radius 2 is 1.83 bits per heavy atom. The maximum absolute atomic E-state index is 12.2. The molecule has 1 saturated heterocycles. The molecule has 0 aromatic rings. The molecule has 0 radical (unpaired) electrons. The zero-order chi connectivity index (χ0) is 13.3. The number of ketones is 1. The van der Waals surface area contributed by atoms with Crippen molar-refractivity contribution in [2.45, 2.75) is 59.4 Å². The number of carbonyl (C=O) groups is 1. The summed E-state index contributed by atoms with van der Waals surface area (Å²) in [7, 11) is 0. The Morgan fingerprint density at radius 3 is 2.44 bits per heavy atom. The monoisotopic (exact) mass is 251 g/mol. The second-order valence-electron chi connectivity index (χ2n) is 7.07. The Bertz CT molecular complexity index is 301. The molecule has 0 aromatic heterocycles. The molecule has 0 spiro atoms. The fourth-order valence-electron chi connectivity index (χ4n) is 3.96. The van der Waals surface area contributed by atoms with Crippen LogP contribution in [0.5, 0.6) is 0 Å². The van der Waals surface area contributed by atoms with E-state index in [-0.39, 0.29) is 0 Å². The highest BCUT2D eigenvalue weighted by Crippen LogP contribution is 2.33. The lowest BCUT2D eigenvalue weighted by molar-refractivity contribution is -0.129. The third-order valence-corrected chi connectivity index (χ3v) is 5.13. The van der Waals surface area contributed by atoms with Gasteiger partial charge in [-0.2, -0.15) is 0 Å². The van der Waals surface area contributed by atoms with E-state index in [2.05, 4.69) is 32.6 Å². The molecule has 2 rings (SSSR count). The molecular weight excluding hydrogens is 222 g/mol. The molecule has 2 aliphatic rings. The molecule has 0 bridgehead atoms. The lowest BCUT2D eigenvalue weighted by Crippen LogP contribution is -2.46. The van der Waals surface area contributed by atoms with E-state index in [0.717, 1.165) is 18.9 Å². The molecule has 104 valence electrons. The van der Waals surface area contributed by atoms with Crippen molar-refractivity contribution in [3.8, 4) is 0 Å². The highest BCUT2D eigenvalue weighted by molar-refractivity contribution is 5.82. The van der Waals surface area contributed by atoms with Gasteiger partial charge in [0.25, 0.3) is 0 Å². The zero-order valence-electron chi connectivity index (χ0n) is 12.5. The fourth-order valence-corrected chi connectivity index (χ4v) is 3.96. The van der Waals surface area contributed by atoms with Crippen LogP contribution >= 0.6 is 0 Å². The van der Waals surface area contributed by atoms with Crippen molar-refractivity contribution >= 4 is 5.78 Å². The summed E-state index contributed by atoms with van der Waals surface area (Å²) in [6.45, 7) is 11.4. The van der Waals surface area contributed by atoms with E-state index in [9.17, 15) is 4.79 Å². The van der Waals surface area contributed by atoms with Crippen molar-refractivity contribution in [1.82, 2.24) is 4.90 Å². The van der Waals surface area contributed by atoms with Gasteiger partial charge >= 0.3 is 0 Å². The first-order valence-electron chi connectivity index (χ1n) is 7.74. The minimum absolute atomic E-state index is 0.303. The van der Waals surface area contributed by atoms with E-state index in [4.69, 9.17) is 0 Å². The van der Waals surface area contributed by atoms with Gasteiger partial charge in [-0.25, -0.2) is 0 Å². The van der Waals surface area contributed by atoms with Gasteiger partial charge in [0, 0.05) is 24.9 Å². The summed E-state index contributed by atoms with van der Waals surface area (Å²) in [5.74, 6) is 2.86. The van der Waals surface area contributed by atoms with Gasteiger partial charge in [0.1, 0.15) is 5.78 Å². The molecule has 1 aliphatic heterocycles. The standard InChI is InChI=1S/C16H29NO/c1-11-5-6-17(14(4)8-11)10-15-13(3)7-12(2)9-16(15)18/h11-15H,5-10H2,1-4H3. The molecule has 2 nitrogen and oxygen atoms in total. The Balaban J connectivity index is 1.94. The first kappa shape index (κ1) is 14.0. The topological polar surface area (TPSA) is 20.3 Å². The Morgan fingerprint density at radius 1 is 1.11 bits per heavy atom. The molecule has 1 heterocycles. The smallest absolute Gasteiger partial charge is 0.137 e. The minimum atomic E-state index is 0.303. The highest BCUT2D eigenvalue weighted by atomic mass is 16.1. The summed E-state index contributed by atoms with van der Waals surface area (Å²) in [5.41, 5.74) is 0. The quantitative estimate of drug-likeness (QED) is 0.750. The van der Waals surface area contributed by atoms with Gasteiger partial charge in [0.2, 0.25) is 0 Å². The normalized spacial score (nSPS) is 43.1. The van der Waals surface area contributed by atoms with Crippen molar-refractivity contribution in [3.05, 3.63) is 0 Å². The van der Waals surface area contributed by atoms with E-state index in [1.165, 1.54) is 25.8 Å². The molecule has 5 unspecified atom stereocenters. The first-order chi connectivity index (χ1) is 8.47. The van der Waals surface area contributed by atoms with Crippen molar-refractivity contribution in [2.75, 3.05) is 13.1 Å². The van der Waals surface area contributed by atoms with Crippen molar-refractivity contribution in [2.24, 2.45) is 23.7 Å². The second kappa shape index (κ2) is 5.73. The minimum Gasteiger partial charge on any atom is -0.300 e. The molecule has 2 fully saturated rings. The van der Waals surface area contributed by atoms with Crippen molar-refractivity contribution < 1.29 is 4.79 Å². The first-order valence-corrected chi connectivity index (χ1v) is 7.74. The summed E-state index contributed by atoms with van der Waals surface area (Å²) in [5, 5.41) is 0. The van der Waals surface area contributed by atoms with Crippen LogP contribution in [0.3, 0.4) is 0 Å². The van der Waals surface area contributed by atoms with E-state index in [0.29, 0.717) is 29.6 Å². The molecule has 18 heavy (non-hydrogen) atoms. The SMILES string of the molecule is CC1CC(=O)C(CN2CCC(C)CC2C)C(C)C1. The van der Waals surface area contributed by atoms with Crippen LogP contribution in [0, 0.1) is 23.7 Å². The van der Waals surface area contributed by atoms with Crippen LogP contribution in [0.25, 0.3) is 0 Å². The van der Waals surface area contributed by atoms with Crippen LogP contribution in [0.1, 0.15) is 53.4 Å². The van der Waals surface area contributed by atoms with Crippen molar-refractivity contribution in [3.63, 3.8) is 0 Å². The molecule has 0 N–H and O–H groups in total. The number of nitrogens with zero attached hydrogens (tertiary/aromatic N) is 1. The number of piperidine rings is 1. The van der Waals surface area contributed by atoms with E-state index in [1.54, 1.807) is 0 Å². The van der Waals surface area contributed by atoms with E-state index in [1.807, 2.05) is 0 Å². The maximum Gasteiger partial charge on any atom is 0.137 e. The van der Waals surface area contributed by atoms with Crippen LogP contribution in [-0.4, -0.2) is 29.8 Å². The number of likely N-dealkylation sites (tertiary alicyclic amines) is 1. The number of Topliss-reactive ketones (excluding diaryl/α,β-unsaturated/α-hetero) is 1. The molecule has 0 aromatic carbocycles. The molecule has 1 saturated carbocycles. The average molecular weight is 251 g/mol. The van der Waals surface area contributed by atoms with E-state index >= 15 is 0 Å². The Hall–Kier alpha value is -0.370. The molecule has 0 amide bonds. The van der Waals surface area contributed by atoms with E-state index < -0.39 is 0 Å². The van der Waals surface area contributed by atoms with Gasteiger partial charge < -0.3 is 0 Å². The summed E-state index contributed by atoms with van der Waals surface area (Å²) in [4.78, 5) is 14.8. The van der Waals surface area contributed by atoms with Gasteiger partial charge in [-0.1, -0.05) is 20.8 Å². The summed E-state index contributed by atoms with van der Waals surface area (Å²) >= 11 is 0. The summed E-state index contributed by atoms with van der Waals surface area (Å²) < 4.78 is 0. The molecule has 5 atom stereocenters. The summed E-state index contributed by atoms with van der Waals surface area (Å²) in [6, 6.07) is 0.660. The maximum atomic E-state index is 12.2. The summed E-state index contributed by atoms with van der Waals surface area (Å²) in [6.07, 6.45) is 4.64. The predicted molar refractivity (Wildman–Crippen MR) is 75.5 cm³/mol. The van der Waals surface area contributed by atoms with Gasteiger partial charge in [0.15, 0.2) is 0 Å². The lowest BCUT2D eigenvalue weighted by atomic mass is 9.74. The number of hydrogen-bond acceptors (Lipinski definition) is 2. The lowest BCUT2D eigenvalue weighted by Gasteiger charge is -2.41. The second-order valence-corrected chi connectivity index (χ2v) is 7.07. The number of hydrogen-bond donors (Lipinski definition) is 0. The third-order valence-electron chi connectivity index (χ3n) is 5.13. The predicted octanol–water partition coefficient (Wildman–Crippen LogP) is 3.36. The highest BCUT2D eigenvalue weighted by Gasteiger charge is 2.35. The molecule has 2 heteroatoms.